The Labute approximate surface area is 73.8 Å². The van der Waals surface area contributed by atoms with Crippen LogP contribution in [0.3, 0.4) is 0 Å². The van der Waals surface area contributed by atoms with Gasteiger partial charge in [-0.1, -0.05) is 19.9 Å². The van der Waals surface area contributed by atoms with Crippen LogP contribution >= 0.6 is 0 Å². The monoisotopic (exact) mass is 164 g/mol. The molecule has 2 nitrogen and oxygen atoms in total. The Morgan fingerprint density at radius 1 is 1.25 bits per heavy atom. The maximum absolute atomic E-state index is 5.50. The third-order valence-electron chi connectivity index (χ3n) is 2.05. The van der Waals surface area contributed by atoms with Gasteiger partial charge < -0.3 is 5.73 Å². The van der Waals surface area contributed by atoms with Crippen molar-refractivity contribution in [1.82, 2.24) is 4.98 Å². The van der Waals surface area contributed by atoms with Crippen LogP contribution in [0.15, 0.2) is 12.1 Å². The number of rotatable bonds is 3. The van der Waals surface area contributed by atoms with Gasteiger partial charge in [-0.2, -0.15) is 0 Å². The van der Waals surface area contributed by atoms with E-state index in [0.29, 0.717) is 6.54 Å². The highest BCUT2D eigenvalue weighted by atomic mass is 14.7. The van der Waals surface area contributed by atoms with Gasteiger partial charge in [-0.25, -0.2) is 0 Å². The molecule has 0 saturated carbocycles. The molecule has 0 spiro atoms. The van der Waals surface area contributed by atoms with Crippen LogP contribution in [0.4, 0.5) is 0 Å². The lowest BCUT2D eigenvalue weighted by molar-refractivity contribution is 0.899. The van der Waals surface area contributed by atoms with Crippen molar-refractivity contribution in [1.29, 1.82) is 0 Å². The van der Waals surface area contributed by atoms with Gasteiger partial charge in [0.15, 0.2) is 0 Å². The lowest BCUT2D eigenvalue weighted by Gasteiger charge is -2.05. The smallest absolute Gasteiger partial charge is 0.0543 e. The fourth-order valence-corrected chi connectivity index (χ4v) is 1.32. The van der Waals surface area contributed by atoms with Gasteiger partial charge in [0, 0.05) is 12.2 Å². The zero-order chi connectivity index (χ0) is 8.97. The zero-order valence-corrected chi connectivity index (χ0v) is 7.80. The predicted molar refractivity (Wildman–Crippen MR) is 50.9 cm³/mol. The predicted octanol–water partition coefficient (Wildman–Crippen LogP) is 1.67. The Kier molecular flexibility index (Phi) is 3.23. The Bertz CT molecular complexity index is 256. The van der Waals surface area contributed by atoms with Crippen LogP contribution in [0.25, 0.3) is 0 Å². The molecule has 0 radical (unpaired) electrons. The molecule has 0 aliphatic heterocycles. The average Bonchev–Trinajstić information content (AvgIpc) is 2.16. The van der Waals surface area contributed by atoms with Gasteiger partial charge in [0.05, 0.1) is 5.69 Å². The molecule has 66 valence electrons. The molecule has 12 heavy (non-hydrogen) atoms. The molecule has 0 aliphatic rings. The Morgan fingerprint density at radius 3 is 2.50 bits per heavy atom. The van der Waals surface area contributed by atoms with Gasteiger partial charge >= 0.3 is 0 Å². The van der Waals surface area contributed by atoms with E-state index in [1.165, 1.54) is 11.3 Å². The highest BCUT2D eigenvalue weighted by molar-refractivity contribution is 5.23. The highest BCUT2D eigenvalue weighted by Crippen LogP contribution is 2.08. The number of pyridine rings is 1. The summed E-state index contributed by atoms with van der Waals surface area (Å²) >= 11 is 0. The standard InChI is InChI=1S/C10H16N2/c1-3-8-5-6-9(7-11)12-10(8)4-2/h5-6H,3-4,7,11H2,1-2H3. The van der Waals surface area contributed by atoms with E-state index in [0.717, 1.165) is 18.5 Å². The van der Waals surface area contributed by atoms with E-state index >= 15 is 0 Å². The van der Waals surface area contributed by atoms with Crippen LogP contribution in [-0.4, -0.2) is 4.98 Å². The Hall–Kier alpha value is -0.890. The van der Waals surface area contributed by atoms with E-state index < -0.39 is 0 Å². The van der Waals surface area contributed by atoms with E-state index in [1.54, 1.807) is 0 Å². The summed E-state index contributed by atoms with van der Waals surface area (Å²) < 4.78 is 0. The van der Waals surface area contributed by atoms with Gasteiger partial charge in [-0.15, -0.1) is 0 Å². The van der Waals surface area contributed by atoms with Gasteiger partial charge in [-0.3, -0.25) is 4.98 Å². The van der Waals surface area contributed by atoms with E-state index in [9.17, 15) is 0 Å². The summed E-state index contributed by atoms with van der Waals surface area (Å²) in [6, 6.07) is 4.14. The third kappa shape index (κ3) is 1.83. The van der Waals surface area contributed by atoms with Crippen molar-refractivity contribution in [2.75, 3.05) is 0 Å². The molecule has 0 aromatic carbocycles. The Morgan fingerprint density at radius 2 is 2.00 bits per heavy atom. The molecular formula is C10H16N2. The lowest BCUT2D eigenvalue weighted by atomic mass is 10.1. The van der Waals surface area contributed by atoms with Crippen molar-refractivity contribution in [3.05, 3.63) is 29.1 Å². The number of aromatic nitrogens is 1. The van der Waals surface area contributed by atoms with Crippen molar-refractivity contribution in [2.24, 2.45) is 5.73 Å². The minimum atomic E-state index is 0.539. The van der Waals surface area contributed by atoms with Gasteiger partial charge in [0.25, 0.3) is 0 Å². The second kappa shape index (κ2) is 4.21. The average molecular weight is 164 g/mol. The molecule has 0 saturated heterocycles. The lowest BCUT2D eigenvalue weighted by Crippen LogP contribution is -2.04. The second-order valence-electron chi connectivity index (χ2n) is 2.82. The normalized spacial score (nSPS) is 10.2. The number of nitrogens with two attached hydrogens (primary N) is 1. The molecular weight excluding hydrogens is 148 g/mol. The van der Waals surface area contributed by atoms with Crippen LogP contribution in [-0.2, 0) is 19.4 Å². The molecule has 0 fully saturated rings. The first-order valence-corrected chi connectivity index (χ1v) is 4.49. The topological polar surface area (TPSA) is 38.9 Å². The molecule has 0 amide bonds. The molecule has 1 aromatic heterocycles. The van der Waals surface area contributed by atoms with Crippen molar-refractivity contribution >= 4 is 0 Å². The van der Waals surface area contributed by atoms with Crippen molar-refractivity contribution < 1.29 is 0 Å². The van der Waals surface area contributed by atoms with Gasteiger partial charge in [0.1, 0.15) is 0 Å². The molecule has 0 atom stereocenters. The fourth-order valence-electron chi connectivity index (χ4n) is 1.32. The maximum atomic E-state index is 5.50. The van der Waals surface area contributed by atoms with Gasteiger partial charge in [-0.05, 0) is 24.5 Å². The number of hydrogen-bond acceptors (Lipinski definition) is 2. The minimum absolute atomic E-state index is 0.539. The van der Waals surface area contributed by atoms with Crippen molar-refractivity contribution in [3.63, 3.8) is 0 Å². The molecule has 0 aliphatic carbocycles. The van der Waals surface area contributed by atoms with E-state index in [-0.39, 0.29) is 0 Å². The minimum Gasteiger partial charge on any atom is -0.325 e. The summed E-state index contributed by atoms with van der Waals surface area (Å²) in [5, 5.41) is 0. The Balaban J connectivity index is 3.02. The number of nitrogens with zero attached hydrogens (tertiary/aromatic N) is 1. The molecule has 1 rings (SSSR count). The van der Waals surface area contributed by atoms with Crippen LogP contribution < -0.4 is 5.73 Å². The number of hydrogen-bond donors (Lipinski definition) is 1. The summed E-state index contributed by atoms with van der Waals surface area (Å²) in [5.41, 5.74) is 9.03. The molecule has 0 unspecified atom stereocenters. The van der Waals surface area contributed by atoms with Crippen molar-refractivity contribution in [3.8, 4) is 0 Å². The van der Waals surface area contributed by atoms with Crippen LogP contribution in [0.1, 0.15) is 30.8 Å². The summed E-state index contributed by atoms with van der Waals surface area (Å²) in [4.78, 5) is 4.46. The molecule has 0 bridgehead atoms. The fraction of sp³-hybridized carbons (Fsp3) is 0.500. The number of aryl methyl sites for hydroxylation is 2. The van der Waals surface area contributed by atoms with E-state index in [2.05, 4.69) is 24.9 Å². The zero-order valence-electron chi connectivity index (χ0n) is 7.80. The second-order valence-corrected chi connectivity index (χ2v) is 2.82. The van der Waals surface area contributed by atoms with Crippen LogP contribution in [0, 0.1) is 0 Å². The van der Waals surface area contributed by atoms with Crippen LogP contribution in [0.2, 0.25) is 0 Å². The molecule has 1 heterocycles. The third-order valence-corrected chi connectivity index (χ3v) is 2.05. The molecule has 1 aromatic rings. The largest absolute Gasteiger partial charge is 0.325 e. The van der Waals surface area contributed by atoms with E-state index in [4.69, 9.17) is 5.73 Å². The van der Waals surface area contributed by atoms with E-state index in [1.807, 2.05) is 6.07 Å². The summed E-state index contributed by atoms with van der Waals surface area (Å²) in [6.07, 6.45) is 2.05. The maximum Gasteiger partial charge on any atom is 0.0543 e. The summed E-state index contributed by atoms with van der Waals surface area (Å²) in [6.45, 7) is 4.82. The first-order chi connectivity index (χ1) is 5.81. The summed E-state index contributed by atoms with van der Waals surface area (Å²) in [5.74, 6) is 0. The quantitative estimate of drug-likeness (QED) is 0.738. The first kappa shape index (κ1) is 9.20. The summed E-state index contributed by atoms with van der Waals surface area (Å²) in [7, 11) is 0. The van der Waals surface area contributed by atoms with Gasteiger partial charge in [0.2, 0.25) is 0 Å². The SMILES string of the molecule is CCc1ccc(CN)nc1CC. The first-order valence-electron chi connectivity index (χ1n) is 4.49. The molecule has 2 N–H and O–H groups in total. The highest BCUT2D eigenvalue weighted by Gasteiger charge is 2.00. The molecule has 2 heteroatoms. The van der Waals surface area contributed by atoms with Crippen molar-refractivity contribution in [2.45, 2.75) is 33.2 Å². The van der Waals surface area contributed by atoms with Crippen LogP contribution in [0.5, 0.6) is 0 Å².